The molecule has 0 aromatic heterocycles. The summed E-state index contributed by atoms with van der Waals surface area (Å²) in [5.41, 5.74) is 0.507. The van der Waals surface area contributed by atoms with E-state index in [2.05, 4.69) is 10.6 Å². The highest BCUT2D eigenvalue weighted by molar-refractivity contribution is 5.97. The van der Waals surface area contributed by atoms with E-state index < -0.39 is 6.04 Å². The van der Waals surface area contributed by atoms with Gasteiger partial charge in [-0.15, -0.1) is 0 Å². The van der Waals surface area contributed by atoms with Crippen molar-refractivity contribution < 1.29 is 14.7 Å². The summed E-state index contributed by atoms with van der Waals surface area (Å²) in [6, 6.07) is 7.71. The van der Waals surface area contributed by atoms with Crippen LogP contribution in [0.3, 0.4) is 0 Å². The highest BCUT2D eigenvalue weighted by Crippen LogP contribution is 1.99. The number of amides is 2. The molecule has 3 N–H and O–H groups in total. The third-order valence-corrected chi connectivity index (χ3v) is 2.44. The topological polar surface area (TPSA) is 78.4 Å². The zero-order valence-corrected chi connectivity index (χ0v) is 10.5. The van der Waals surface area contributed by atoms with E-state index in [1.807, 2.05) is 6.07 Å². The minimum atomic E-state index is -0.647. The summed E-state index contributed by atoms with van der Waals surface area (Å²) >= 11 is 0. The molecule has 0 saturated carbocycles. The molecule has 5 nitrogen and oxygen atoms in total. The van der Waals surface area contributed by atoms with Crippen molar-refractivity contribution >= 4 is 11.8 Å². The summed E-state index contributed by atoms with van der Waals surface area (Å²) in [5.74, 6) is -0.615. The van der Waals surface area contributed by atoms with Gasteiger partial charge in [-0.05, 0) is 26.0 Å². The van der Waals surface area contributed by atoms with Gasteiger partial charge in [-0.25, -0.2) is 0 Å². The van der Waals surface area contributed by atoms with Crippen LogP contribution in [0, 0.1) is 0 Å². The second-order valence-electron chi connectivity index (χ2n) is 4.15. The molecular formula is C13H18N2O3. The lowest BCUT2D eigenvalue weighted by Crippen LogP contribution is -2.48. The standard InChI is InChI=1S/C13H18N2O3/c1-9(8-16)14-12(17)10(2)15-13(18)11-6-4-3-5-7-11/h3-7,9-10,16H,8H2,1-2H3,(H,14,17)(H,15,18)/t9-,10?/m1/s1. The fraction of sp³-hybridized carbons (Fsp3) is 0.385. The predicted molar refractivity (Wildman–Crippen MR) is 68.1 cm³/mol. The molecule has 0 aliphatic rings. The summed E-state index contributed by atoms with van der Waals surface area (Å²) in [5, 5.41) is 14.0. The van der Waals surface area contributed by atoms with Crippen LogP contribution >= 0.6 is 0 Å². The van der Waals surface area contributed by atoms with E-state index in [9.17, 15) is 9.59 Å². The molecule has 1 aromatic rings. The summed E-state index contributed by atoms with van der Waals surface area (Å²) in [6.07, 6.45) is 0. The number of carbonyl (C=O) groups is 2. The zero-order valence-electron chi connectivity index (χ0n) is 10.5. The van der Waals surface area contributed by atoms with Crippen LogP contribution in [0.5, 0.6) is 0 Å². The number of aliphatic hydroxyl groups is 1. The second kappa shape index (κ2) is 6.76. The first-order valence-electron chi connectivity index (χ1n) is 5.81. The lowest BCUT2D eigenvalue weighted by Gasteiger charge is -2.17. The van der Waals surface area contributed by atoms with Crippen LogP contribution in [0.4, 0.5) is 0 Å². The van der Waals surface area contributed by atoms with Gasteiger partial charge in [0, 0.05) is 11.6 Å². The van der Waals surface area contributed by atoms with Gasteiger partial charge < -0.3 is 15.7 Å². The smallest absolute Gasteiger partial charge is 0.251 e. The molecule has 2 amide bonds. The quantitative estimate of drug-likeness (QED) is 0.703. The Hall–Kier alpha value is -1.88. The zero-order chi connectivity index (χ0) is 13.5. The van der Waals surface area contributed by atoms with Crippen molar-refractivity contribution in [3.05, 3.63) is 35.9 Å². The Labute approximate surface area is 106 Å². The van der Waals surface area contributed by atoms with Gasteiger partial charge in [0.05, 0.1) is 6.61 Å². The van der Waals surface area contributed by atoms with Gasteiger partial charge in [-0.2, -0.15) is 0 Å². The molecule has 1 aromatic carbocycles. The number of nitrogens with one attached hydrogen (secondary N) is 2. The molecule has 1 unspecified atom stereocenters. The molecular weight excluding hydrogens is 232 g/mol. The van der Waals surface area contributed by atoms with E-state index in [0.717, 1.165) is 0 Å². The second-order valence-corrected chi connectivity index (χ2v) is 4.15. The SMILES string of the molecule is CC(NC(=O)c1ccccc1)C(=O)N[C@H](C)CO. The number of aliphatic hydroxyl groups excluding tert-OH is 1. The predicted octanol–water partition coefficient (Wildman–Crippen LogP) is 0.302. The van der Waals surface area contributed by atoms with Crippen LogP contribution in [-0.2, 0) is 4.79 Å². The lowest BCUT2D eigenvalue weighted by atomic mass is 10.2. The van der Waals surface area contributed by atoms with Crippen LogP contribution in [0.25, 0.3) is 0 Å². The third kappa shape index (κ3) is 4.18. The maximum Gasteiger partial charge on any atom is 0.251 e. The first-order chi connectivity index (χ1) is 8.54. The van der Waals surface area contributed by atoms with E-state index in [0.29, 0.717) is 5.56 Å². The van der Waals surface area contributed by atoms with Crippen molar-refractivity contribution in [1.82, 2.24) is 10.6 Å². The van der Waals surface area contributed by atoms with Crippen molar-refractivity contribution in [2.24, 2.45) is 0 Å². The van der Waals surface area contributed by atoms with E-state index in [-0.39, 0.29) is 24.5 Å². The molecule has 2 atom stereocenters. The van der Waals surface area contributed by atoms with Crippen LogP contribution < -0.4 is 10.6 Å². The van der Waals surface area contributed by atoms with Gasteiger partial charge in [0.15, 0.2) is 0 Å². The lowest BCUT2D eigenvalue weighted by molar-refractivity contribution is -0.123. The molecule has 0 saturated heterocycles. The van der Waals surface area contributed by atoms with E-state index >= 15 is 0 Å². The molecule has 0 aliphatic heterocycles. The Balaban J connectivity index is 2.52. The molecule has 5 heteroatoms. The maximum atomic E-state index is 11.8. The van der Waals surface area contributed by atoms with Gasteiger partial charge >= 0.3 is 0 Å². The van der Waals surface area contributed by atoms with Crippen molar-refractivity contribution in [2.75, 3.05) is 6.61 Å². The fourth-order valence-electron chi connectivity index (χ4n) is 1.35. The molecule has 18 heavy (non-hydrogen) atoms. The number of benzene rings is 1. The first kappa shape index (κ1) is 14.2. The van der Waals surface area contributed by atoms with Gasteiger partial charge in [0.2, 0.25) is 5.91 Å². The van der Waals surface area contributed by atoms with E-state index in [1.54, 1.807) is 38.1 Å². The van der Waals surface area contributed by atoms with Crippen molar-refractivity contribution in [2.45, 2.75) is 25.9 Å². The molecule has 98 valence electrons. The summed E-state index contributed by atoms with van der Waals surface area (Å²) in [7, 11) is 0. The monoisotopic (exact) mass is 250 g/mol. The molecule has 0 spiro atoms. The summed E-state index contributed by atoms with van der Waals surface area (Å²) in [6.45, 7) is 3.15. The number of hydrogen-bond acceptors (Lipinski definition) is 3. The highest BCUT2D eigenvalue weighted by Gasteiger charge is 2.17. The first-order valence-corrected chi connectivity index (χ1v) is 5.81. The average Bonchev–Trinajstić information content (AvgIpc) is 2.39. The van der Waals surface area contributed by atoms with Crippen LogP contribution in [0.1, 0.15) is 24.2 Å². The number of carbonyl (C=O) groups excluding carboxylic acids is 2. The molecule has 0 bridgehead atoms. The summed E-state index contributed by atoms with van der Waals surface area (Å²) in [4.78, 5) is 23.4. The van der Waals surface area contributed by atoms with Crippen LogP contribution in [0.15, 0.2) is 30.3 Å². The Morgan fingerprint density at radius 1 is 1.17 bits per heavy atom. The van der Waals surface area contributed by atoms with E-state index in [1.165, 1.54) is 0 Å². The minimum absolute atomic E-state index is 0.134. The third-order valence-electron chi connectivity index (χ3n) is 2.44. The molecule has 1 rings (SSSR count). The van der Waals surface area contributed by atoms with Crippen molar-refractivity contribution in [1.29, 1.82) is 0 Å². The van der Waals surface area contributed by atoms with Crippen LogP contribution in [-0.4, -0.2) is 35.6 Å². The molecule has 0 aliphatic carbocycles. The minimum Gasteiger partial charge on any atom is -0.394 e. The van der Waals surface area contributed by atoms with E-state index in [4.69, 9.17) is 5.11 Å². The molecule has 0 fully saturated rings. The number of rotatable bonds is 5. The molecule has 0 radical (unpaired) electrons. The Bertz CT molecular complexity index is 406. The molecule has 0 heterocycles. The number of hydrogen-bond donors (Lipinski definition) is 3. The Morgan fingerprint density at radius 3 is 2.33 bits per heavy atom. The van der Waals surface area contributed by atoms with Gasteiger partial charge in [0.1, 0.15) is 6.04 Å². The fourth-order valence-corrected chi connectivity index (χ4v) is 1.35. The van der Waals surface area contributed by atoms with Gasteiger partial charge in [-0.1, -0.05) is 18.2 Å². The van der Waals surface area contributed by atoms with Crippen molar-refractivity contribution in [3.63, 3.8) is 0 Å². The van der Waals surface area contributed by atoms with Gasteiger partial charge in [0.25, 0.3) is 5.91 Å². The summed E-state index contributed by atoms with van der Waals surface area (Å²) < 4.78 is 0. The van der Waals surface area contributed by atoms with Gasteiger partial charge in [-0.3, -0.25) is 9.59 Å². The Morgan fingerprint density at radius 2 is 1.78 bits per heavy atom. The Kier molecular flexibility index (Phi) is 5.32. The normalized spacial score (nSPS) is 13.5. The average molecular weight is 250 g/mol. The van der Waals surface area contributed by atoms with Crippen molar-refractivity contribution in [3.8, 4) is 0 Å². The maximum absolute atomic E-state index is 11.8. The highest BCUT2D eigenvalue weighted by atomic mass is 16.3. The van der Waals surface area contributed by atoms with Crippen LogP contribution in [0.2, 0.25) is 0 Å². The largest absolute Gasteiger partial charge is 0.394 e.